The van der Waals surface area contributed by atoms with Crippen LogP contribution >= 0.6 is 11.3 Å². The quantitative estimate of drug-likeness (QED) is 0.649. The zero-order valence-corrected chi connectivity index (χ0v) is 10.1. The molecular weight excluding hydrogens is 239 g/mol. The van der Waals surface area contributed by atoms with E-state index in [4.69, 9.17) is 10.6 Å². The topological polar surface area (TPSA) is 47.3 Å². The minimum atomic E-state index is -0.383. The summed E-state index contributed by atoms with van der Waals surface area (Å²) in [5, 5.41) is 1.93. The highest BCUT2D eigenvalue weighted by molar-refractivity contribution is 7.10. The van der Waals surface area contributed by atoms with Gasteiger partial charge in [-0.2, -0.15) is 0 Å². The zero-order chi connectivity index (χ0) is 12.3. The maximum Gasteiger partial charge on any atom is 0.170 e. The molecule has 3 N–H and O–H groups in total. The lowest BCUT2D eigenvalue weighted by molar-refractivity contribution is 0.382. The predicted octanol–water partition coefficient (Wildman–Crippen LogP) is 2.45. The predicted molar refractivity (Wildman–Crippen MR) is 66.4 cm³/mol. The molecule has 0 saturated carbocycles. The van der Waals surface area contributed by atoms with Gasteiger partial charge in [-0.3, -0.25) is 5.84 Å². The molecule has 5 heteroatoms. The molecule has 1 aromatic carbocycles. The summed E-state index contributed by atoms with van der Waals surface area (Å²) in [6.45, 7) is 0. The molecule has 0 aliphatic heterocycles. The minimum Gasteiger partial charge on any atom is -0.494 e. The van der Waals surface area contributed by atoms with E-state index in [2.05, 4.69) is 5.43 Å². The monoisotopic (exact) mass is 252 g/mol. The largest absolute Gasteiger partial charge is 0.494 e. The van der Waals surface area contributed by atoms with Crippen molar-refractivity contribution in [2.45, 2.75) is 6.04 Å². The number of methoxy groups -OCH3 is 1. The smallest absolute Gasteiger partial charge is 0.170 e. The number of nitrogens with one attached hydrogen (secondary N) is 1. The van der Waals surface area contributed by atoms with Crippen molar-refractivity contribution in [2.24, 2.45) is 5.84 Å². The van der Waals surface area contributed by atoms with Gasteiger partial charge < -0.3 is 4.74 Å². The van der Waals surface area contributed by atoms with Gasteiger partial charge in [0.05, 0.1) is 13.2 Å². The van der Waals surface area contributed by atoms with Crippen LogP contribution in [0.1, 0.15) is 16.5 Å². The van der Waals surface area contributed by atoms with E-state index < -0.39 is 0 Å². The normalized spacial score (nSPS) is 12.4. The van der Waals surface area contributed by atoms with Crippen LogP contribution in [-0.2, 0) is 0 Å². The average molecular weight is 252 g/mol. The van der Waals surface area contributed by atoms with Gasteiger partial charge in [0.2, 0.25) is 0 Å². The molecule has 1 unspecified atom stereocenters. The number of nitrogens with two attached hydrogens (primary N) is 1. The van der Waals surface area contributed by atoms with E-state index in [9.17, 15) is 4.39 Å². The number of halogens is 1. The Balaban J connectivity index is 2.44. The van der Waals surface area contributed by atoms with Crippen LogP contribution in [0.5, 0.6) is 5.75 Å². The van der Waals surface area contributed by atoms with Crippen LogP contribution in [0.4, 0.5) is 4.39 Å². The van der Waals surface area contributed by atoms with Crippen molar-refractivity contribution in [3.8, 4) is 5.75 Å². The standard InChI is InChI=1S/C12H13FN2OS/c1-16-9-5-2-4-8(11(9)13)12(15-14)10-6-3-7-17-10/h2-7,12,15H,14H2,1H3. The fourth-order valence-corrected chi connectivity index (χ4v) is 2.49. The summed E-state index contributed by atoms with van der Waals surface area (Å²) >= 11 is 1.52. The number of hydrazine groups is 1. The van der Waals surface area contributed by atoms with E-state index in [0.717, 1.165) is 4.88 Å². The van der Waals surface area contributed by atoms with E-state index >= 15 is 0 Å². The van der Waals surface area contributed by atoms with Crippen molar-refractivity contribution in [3.63, 3.8) is 0 Å². The van der Waals surface area contributed by atoms with Crippen molar-refractivity contribution in [1.82, 2.24) is 5.43 Å². The third-order valence-electron chi connectivity index (χ3n) is 2.52. The van der Waals surface area contributed by atoms with Crippen LogP contribution in [0.3, 0.4) is 0 Å². The van der Waals surface area contributed by atoms with Crippen molar-refractivity contribution in [3.05, 3.63) is 52.0 Å². The van der Waals surface area contributed by atoms with E-state index in [1.54, 1.807) is 18.2 Å². The maximum absolute atomic E-state index is 14.1. The Morgan fingerprint density at radius 1 is 1.35 bits per heavy atom. The van der Waals surface area contributed by atoms with E-state index in [1.165, 1.54) is 18.4 Å². The number of rotatable bonds is 4. The summed E-state index contributed by atoms with van der Waals surface area (Å²) in [5.74, 6) is 5.34. The number of benzene rings is 1. The summed E-state index contributed by atoms with van der Waals surface area (Å²) < 4.78 is 19.0. The molecule has 1 heterocycles. The van der Waals surface area contributed by atoms with Crippen molar-refractivity contribution >= 4 is 11.3 Å². The van der Waals surface area contributed by atoms with Crippen LogP contribution < -0.4 is 16.0 Å². The van der Waals surface area contributed by atoms with Gasteiger partial charge in [-0.05, 0) is 17.5 Å². The highest BCUT2D eigenvalue weighted by atomic mass is 32.1. The maximum atomic E-state index is 14.1. The third-order valence-corrected chi connectivity index (χ3v) is 3.46. The average Bonchev–Trinajstić information content (AvgIpc) is 2.86. The molecule has 0 amide bonds. The van der Waals surface area contributed by atoms with Gasteiger partial charge >= 0.3 is 0 Å². The molecule has 2 aromatic rings. The molecule has 3 nitrogen and oxygen atoms in total. The van der Waals surface area contributed by atoms with Gasteiger partial charge in [0.1, 0.15) is 0 Å². The molecule has 90 valence electrons. The van der Waals surface area contributed by atoms with E-state index in [1.807, 2.05) is 17.5 Å². The van der Waals surface area contributed by atoms with Crippen LogP contribution in [0.15, 0.2) is 35.7 Å². The highest BCUT2D eigenvalue weighted by Gasteiger charge is 2.19. The summed E-state index contributed by atoms with van der Waals surface area (Å²) in [7, 11) is 1.44. The first-order valence-electron chi connectivity index (χ1n) is 5.10. The highest BCUT2D eigenvalue weighted by Crippen LogP contribution is 2.30. The first-order valence-corrected chi connectivity index (χ1v) is 5.97. The molecule has 0 radical (unpaired) electrons. The molecule has 0 aliphatic rings. The molecule has 0 aliphatic carbocycles. The second-order valence-corrected chi connectivity index (χ2v) is 4.46. The fourth-order valence-electron chi connectivity index (χ4n) is 1.69. The molecule has 0 saturated heterocycles. The number of hydrogen-bond donors (Lipinski definition) is 2. The summed E-state index contributed by atoms with van der Waals surface area (Å²) in [6.07, 6.45) is 0. The Morgan fingerprint density at radius 3 is 2.76 bits per heavy atom. The second kappa shape index (κ2) is 5.27. The minimum absolute atomic E-state index is 0.222. The molecule has 1 aromatic heterocycles. The van der Waals surface area contributed by atoms with Gasteiger partial charge in [-0.25, -0.2) is 9.82 Å². The molecule has 2 rings (SSSR count). The van der Waals surface area contributed by atoms with Crippen molar-refractivity contribution < 1.29 is 9.13 Å². The summed E-state index contributed by atoms with van der Waals surface area (Å²) in [5.41, 5.74) is 3.11. The number of hydrogen-bond acceptors (Lipinski definition) is 4. The molecule has 1 atom stereocenters. The van der Waals surface area contributed by atoms with Crippen LogP contribution in [0.25, 0.3) is 0 Å². The molecule has 17 heavy (non-hydrogen) atoms. The Hall–Kier alpha value is -1.43. The van der Waals surface area contributed by atoms with Crippen LogP contribution in [0, 0.1) is 5.82 Å². The molecule has 0 spiro atoms. The molecular formula is C12H13FN2OS. The number of ether oxygens (including phenoxy) is 1. The van der Waals surface area contributed by atoms with E-state index in [-0.39, 0.29) is 17.6 Å². The van der Waals surface area contributed by atoms with Crippen LogP contribution in [0.2, 0.25) is 0 Å². The fraction of sp³-hybridized carbons (Fsp3) is 0.167. The third kappa shape index (κ3) is 2.31. The van der Waals surface area contributed by atoms with Crippen molar-refractivity contribution in [2.75, 3.05) is 7.11 Å². The van der Waals surface area contributed by atoms with Gasteiger partial charge in [0.15, 0.2) is 11.6 Å². The lowest BCUT2D eigenvalue weighted by Gasteiger charge is -2.16. The lowest BCUT2D eigenvalue weighted by Crippen LogP contribution is -2.29. The zero-order valence-electron chi connectivity index (χ0n) is 9.31. The van der Waals surface area contributed by atoms with Gasteiger partial charge in [-0.1, -0.05) is 18.2 Å². The van der Waals surface area contributed by atoms with Gasteiger partial charge in [-0.15, -0.1) is 11.3 Å². The first-order chi connectivity index (χ1) is 8.27. The SMILES string of the molecule is COc1cccc(C(NN)c2cccs2)c1F. The Labute approximate surface area is 103 Å². The Bertz CT molecular complexity index is 487. The Morgan fingerprint density at radius 2 is 2.18 bits per heavy atom. The first kappa shape index (κ1) is 12.0. The number of thiophene rings is 1. The molecule has 0 bridgehead atoms. The lowest BCUT2D eigenvalue weighted by atomic mass is 10.0. The summed E-state index contributed by atoms with van der Waals surface area (Å²) in [6, 6.07) is 8.49. The summed E-state index contributed by atoms with van der Waals surface area (Å²) in [4.78, 5) is 0.958. The van der Waals surface area contributed by atoms with Gasteiger partial charge in [0, 0.05) is 10.4 Å². The van der Waals surface area contributed by atoms with Crippen LogP contribution in [-0.4, -0.2) is 7.11 Å². The second-order valence-electron chi connectivity index (χ2n) is 3.48. The Kier molecular flexibility index (Phi) is 3.73. The molecule has 0 fully saturated rings. The van der Waals surface area contributed by atoms with E-state index in [0.29, 0.717) is 5.56 Å². The van der Waals surface area contributed by atoms with Crippen molar-refractivity contribution in [1.29, 1.82) is 0 Å². The van der Waals surface area contributed by atoms with Gasteiger partial charge in [0.25, 0.3) is 0 Å².